The molecular formula is C89H89N17O7. The molecule has 24 nitrogen and oxygen atoms in total. The number of aliphatic hydroxyl groups excluding tert-OH is 1. The van der Waals surface area contributed by atoms with Crippen molar-refractivity contribution >= 4 is 88.0 Å². The zero-order chi connectivity index (χ0) is 79.1. The van der Waals surface area contributed by atoms with E-state index >= 15 is 0 Å². The van der Waals surface area contributed by atoms with E-state index in [1.807, 2.05) is 123 Å². The Labute approximate surface area is 651 Å². The number of ether oxygens (including phenoxy) is 1. The molecule has 1 unspecified atom stereocenters. The number of anilines is 7. The van der Waals surface area contributed by atoms with Crippen LogP contribution in [0.5, 0.6) is 5.75 Å². The van der Waals surface area contributed by atoms with Crippen molar-refractivity contribution in [2.24, 2.45) is 15.0 Å². The molecule has 0 radical (unpaired) electrons. The number of aromatic nitrogens is 10. The van der Waals surface area contributed by atoms with Gasteiger partial charge in [-0.25, -0.2) is 39.7 Å². The summed E-state index contributed by atoms with van der Waals surface area (Å²) in [4.78, 5) is 116. The monoisotopic (exact) mass is 1510 g/mol. The molecule has 0 amide bonds. The average molecular weight is 1510 g/mol. The van der Waals surface area contributed by atoms with Gasteiger partial charge in [-0.3, -0.25) is 24.2 Å². The van der Waals surface area contributed by atoms with Crippen LogP contribution in [0.1, 0.15) is 81.3 Å². The zero-order valence-electron chi connectivity index (χ0n) is 64.5. The van der Waals surface area contributed by atoms with Crippen molar-refractivity contribution < 1.29 is 9.84 Å². The van der Waals surface area contributed by atoms with Gasteiger partial charge in [-0.05, 0) is 209 Å². The highest BCUT2D eigenvalue weighted by atomic mass is 16.5. The fourth-order valence-electron chi connectivity index (χ4n) is 14.6. The molecule has 6 aliphatic rings. The Kier molecular flexibility index (Phi) is 22.6. The molecule has 3 aromatic heterocycles. The number of rotatable bonds is 17. The van der Waals surface area contributed by atoms with Gasteiger partial charge in [-0.2, -0.15) is 4.98 Å². The highest BCUT2D eigenvalue weighted by Gasteiger charge is 2.30. The number of fused-ring (bicyclic) bond motifs is 8. The molecule has 8 aromatic carbocycles. The standard InChI is InChI=1S/C25H27N5O2.C22H22N4O3.2C21H20N4O/c1-16-13-20-22(14-21(16)29-12-10-19(31)15-29)30(11-6-9-18-7-4-3-5-8-18)24-23(28-20)25(32)27-17(2)26-24;1-13-11-17-18(12-14(13)2)26(20-19(23-17)21(27)25-22(28)24-20)10-4-5-15-6-8-16(29-3)9-7-15;1-13-11-17-18(12-14(13)2)25(10-9-16-7-5-4-6-8-16)20-19(24-17)21(26)23-15(3)22-20;1-14-10-11-18-17(13-14)24-19-20(22-15(2)23-21(19)26)25(18)12-6-9-16-7-4-3-5-8-16/h3-5,7-8,13-14,19,31H,2,6,9-12,15H2,1H3,(H,27,32);6-9,11-12H,4-5,10H2,1-3H3,(H,25,27,28);4-8,11-12H,3,9-10H2,1-2H3,(H,23,26);3-5,7-8,10-11,13H,2,6,9,12H2,1H3,(H,23,26). The first-order chi connectivity index (χ1) is 54.6. The molecule has 572 valence electrons. The van der Waals surface area contributed by atoms with Crippen LogP contribution in [0, 0.1) is 41.5 Å². The number of aliphatic hydroxyl groups is 1. The number of aromatic amines is 4. The van der Waals surface area contributed by atoms with Gasteiger partial charge in [-0.15, -0.1) is 0 Å². The third-order valence-corrected chi connectivity index (χ3v) is 20.7. The molecule has 0 aliphatic carbocycles. The molecule has 0 spiro atoms. The van der Waals surface area contributed by atoms with E-state index in [4.69, 9.17) is 4.74 Å². The molecule has 113 heavy (non-hydrogen) atoms. The average Bonchev–Trinajstić information content (AvgIpc) is 1.32. The van der Waals surface area contributed by atoms with Gasteiger partial charge in [0.25, 0.3) is 22.2 Å². The van der Waals surface area contributed by atoms with Gasteiger partial charge >= 0.3 is 5.69 Å². The Balaban J connectivity index is 0.000000125. The molecule has 1 saturated heterocycles. The van der Waals surface area contributed by atoms with E-state index in [9.17, 15) is 29.1 Å². The largest absolute Gasteiger partial charge is 0.497 e. The van der Waals surface area contributed by atoms with Crippen molar-refractivity contribution in [3.8, 4) is 17.3 Å². The van der Waals surface area contributed by atoms with Crippen molar-refractivity contribution in [2.75, 3.05) is 59.4 Å². The summed E-state index contributed by atoms with van der Waals surface area (Å²) in [6.07, 6.45) is 6.71. The number of methoxy groups -OCH3 is 1. The van der Waals surface area contributed by atoms with Crippen molar-refractivity contribution in [2.45, 2.75) is 106 Å². The highest BCUT2D eigenvalue weighted by Crippen LogP contribution is 2.42. The van der Waals surface area contributed by atoms with E-state index in [1.54, 1.807) is 7.11 Å². The van der Waals surface area contributed by atoms with Crippen LogP contribution in [-0.4, -0.2) is 100 Å². The van der Waals surface area contributed by atoms with Gasteiger partial charge in [0.05, 0.1) is 58.4 Å². The van der Waals surface area contributed by atoms with Gasteiger partial charge in [0.15, 0.2) is 45.0 Å². The molecule has 0 saturated carbocycles. The van der Waals surface area contributed by atoms with Crippen molar-refractivity contribution in [1.29, 1.82) is 0 Å². The van der Waals surface area contributed by atoms with Gasteiger partial charge in [0.1, 0.15) is 22.2 Å². The lowest BCUT2D eigenvalue weighted by Gasteiger charge is -2.30. The van der Waals surface area contributed by atoms with E-state index in [2.05, 4.69) is 192 Å². The minimum absolute atomic E-state index is 0.185. The predicted molar refractivity (Wildman–Crippen MR) is 446 cm³/mol. The first-order valence-corrected chi connectivity index (χ1v) is 37.9. The molecule has 17 rings (SSSR count). The fourth-order valence-corrected chi connectivity index (χ4v) is 14.6. The molecule has 1 fully saturated rings. The first kappa shape index (κ1) is 76.4. The second-order valence-electron chi connectivity index (χ2n) is 28.9. The summed E-state index contributed by atoms with van der Waals surface area (Å²) in [5.41, 5.74) is 19.0. The SMILES string of the molecule is C=c1nc2c(c(=O)[nH]1)=Nc1cc(C)c(C)cc1N2CCc1ccccc1.C=c1nc2c(c(=O)[nH]1)=Nc1cc(C)c(N3CCC(O)C3)cc1N2CCCc1ccccc1.C=c1nc2c(c(=O)[nH]1)=Nc1cc(C)ccc1N2CCCc1ccccc1.COc1ccc(CCCn2c3nc(=O)[nH]c(=O)c-3nc3cc(C)c(C)cc32)cc1. The van der Waals surface area contributed by atoms with Crippen LogP contribution in [0.15, 0.2) is 209 Å². The summed E-state index contributed by atoms with van der Waals surface area (Å²) in [5.74, 6) is 2.86. The fraction of sp³-hybridized carbons (Fsp3) is 0.247. The summed E-state index contributed by atoms with van der Waals surface area (Å²) >= 11 is 0. The molecule has 9 heterocycles. The van der Waals surface area contributed by atoms with Crippen molar-refractivity contribution in [3.63, 3.8) is 0 Å². The normalized spacial score (nSPS) is 13.4. The number of hydrogen-bond acceptors (Lipinski definition) is 19. The molecule has 6 aliphatic heterocycles. The van der Waals surface area contributed by atoms with Crippen LogP contribution in [0.25, 0.3) is 42.3 Å². The number of β-amino-alcohol motifs (C(OH)–C–C–N with tert-alkyl or cyclic N) is 1. The smallest absolute Gasteiger partial charge is 0.349 e. The maximum Gasteiger partial charge on any atom is 0.349 e. The molecule has 1 atom stereocenters. The van der Waals surface area contributed by atoms with Crippen molar-refractivity contribution in [1.82, 2.24) is 49.4 Å². The number of hydrogen-bond donors (Lipinski definition) is 5. The summed E-state index contributed by atoms with van der Waals surface area (Å²) in [5, 5.41) is 11.1. The quantitative estimate of drug-likeness (QED) is 0.0530. The summed E-state index contributed by atoms with van der Waals surface area (Å²) in [6, 6.07) is 57.4. The predicted octanol–water partition coefficient (Wildman–Crippen LogP) is 9.90. The van der Waals surface area contributed by atoms with E-state index in [-0.39, 0.29) is 28.5 Å². The topological polar surface area (TPSA) is 297 Å². The summed E-state index contributed by atoms with van der Waals surface area (Å²) in [7, 11) is 1.65. The molecular weight excluding hydrogens is 1420 g/mol. The van der Waals surface area contributed by atoms with Crippen LogP contribution in [0.4, 0.5) is 57.3 Å². The zero-order valence-corrected chi connectivity index (χ0v) is 64.5. The van der Waals surface area contributed by atoms with Crippen molar-refractivity contribution in [3.05, 3.63) is 310 Å². The molecule has 11 aromatic rings. The van der Waals surface area contributed by atoms with E-state index in [1.165, 1.54) is 27.8 Å². The minimum Gasteiger partial charge on any atom is -0.497 e. The Morgan fingerprint density at radius 3 is 1.43 bits per heavy atom. The van der Waals surface area contributed by atoms with E-state index < -0.39 is 11.2 Å². The lowest BCUT2D eigenvalue weighted by atomic mass is 10.1. The number of nitrogens with one attached hydrogen (secondary N) is 4. The second kappa shape index (κ2) is 33.5. The third kappa shape index (κ3) is 17.2. The summed E-state index contributed by atoms with van der Waals surface area (Å²) in [6.45, 7) is 27.9. The number of benzene rings is 8. The number of nitrogens with zero attached hydrogens (tertiary/aromatic N) is 13. The van der Waals surface area contributed by atoms with Gasteiger partial charge in [-0.1, -0.05) is 129 Å². The number of H-pyrrole nitrogens is 4. The van der Waals surface area contributed by atoms with E-state index in [0.29, 0.717) is 82.0 Å². The molecule has 0 bridgehead atoms. The Bertz CT molecular complexity index is 6410. The maximum absolute atomic E-state index is 12.6. The lowest BCUT2D eigenvalue weighted by molar-refractivity contribution is 0.198. The Morgan fingerprint density at radius 2 is 0.903 bits per heavy atom. The van der Waals surface area contributed by atoms with Gasteiger partial charge < -0.3 is 49.0 Å². The first-order valence-electron chi connectivity index (χ1n) is 37.9. The van der Waals surface area contributed by atoms with Gasteiger partial charge in [0, 0.05) is 45.0 Å². The lowest BCUT2D eigenvalue weighted by Crippen LogP contribution is -2.42. The van der Waals surface area contributed by atoms with Crippen LogP contribution in [0.2, 0.25) is 0 Å². The minimum atomic E-state index is -0.656. The Hall–Kier alpha value is -13.4. The Morgan fingerprint density at radius 1 is 0.442 bits per heavy atom. The second-order valence-corrected chi connectivity index (χ2v) is 28.9. The van der Waals surface area contributed by atoms with E-state index in [0.717, 1.165) is 149 Å². The third-order valence-electron chi connectivity index (χ3n) is 20.7. The highest BCUT2D eigenvalue weighted by molar-refractivity contribution is 5.83. The maximum atomic E-state index is 12.6. The van der Waals surface area contributed by atoms with Crippen LogP contribution < -0.4 is 84.8 Å². The molecule has 24 heteroatoms. The number of aryl methyl sites for hydroxylation is 10. The summed E-state index contributed by atoms with van der Waals surface area (Å²) < 4.78 is 7.14. The van der Waals surface area contributed by atoms with Crippen LogP contribution in [-0.2, 0) is 32.2 Å². The van der Waals surface area contributed by atoms with Crippen LogP contribution >= 0.6 is 0 Å². The van der Waals surface area contributed by atoms with Gasteiger partial charge in [0.2, 0.25) is 0 Å². The van der Waals surface area contributed by atoms with Crippen LogP contribution in [0.3, 0.4) is 0 Å². The molecule has 5 N–H and O–H groups in total.